The first-order chi connectivity index (χ1) is 8.59. The van der Waals surface area contributed by atoms with Gasteiger partial charge in [-0.2, -0.15) is 0 Å². The molecule has 18 heavy (non-hydrogen) atoms. The van der Waals surface area contributed by atoms with Gasteiger partial charge in [-0.05, 0) is 32.6 Å². The largest absolute Gasteiger partial charge is 0.365 e. The Bertz CT molecular complexity index is 458. The van der Waals surface area contributed by atoms with E-state index < -0.39 is 0 Å². The maximum absolute atomic E-state index is 12.1. The van der Waals surface area contributed by atoms with Crippen LogP contribution < -0.4 is 10.9 Å². The Morgan fingerprint density at radius 1 is 1.56 bits per heavy atom. The average Bonchev–Trinajstić information content (AvgIpc) is 2.73. The van der Waals surface area contributed by atoms with E-state index in [0.717, 1.165) is 19.4 Å². The minimum absolute atomic E-state index is 0.0587. The molecule has 0 amide bonds. The van der Waals surface area contributed by atoms with Crippen molar-refractivity contribution in [3.8, 4) is 0 Å². The zero-order chi connectivity index (χ0) is 13.1. The summed E-state index contributed by atoms with van der Waals surface area (Å²) in [5, 5.41) is 3.38. The van der Waals surface area contributed by atoms with Gasteiger partial charge in [0.1, 0.15) is 0 Å². The lowest BCUT2D eigenvalue weighted by atomic mass is 10.1. The number of nitrogens with one attached hydrogen (secondary N) is 1. The molecular weight excluding hydrogens is 250 g/mol. The highest BCUT2D eigenvalue weighted by atomic mass is 35.5. The monoisotopic (exact) mass is 269 g/mol. The Kier molecular flexibility index (Phi) is 4.27. The lowest BCUT2D eigenvalue weighted by molar-refractivity contribution is 0.566. The Morgan fingerprint density at radius 3 is 2.94 bits per heavy atom. The number of hydrogen-bond acceptors (Lipinski definition) is 3. The van der Waals surface area contributed by atoms with Crippen LogP contribution in [0.2, 0.25) is 0 Å². The van der Waals surface area contributed by atoms with Gasteiger partial charge >= 0.3 is 0 Å². The van der Waals surface area contributed by atoms with E-state index in [1.807, 2.05) is 13.8 Å². The Labute approximate surface area is 112 Å². The van der Waals surface area contributed by atoms with Crippen molar-refractivity contribution >= 4 is 17.4 Å². The topological polar surface area (TPSA) is 46.9 Å². The number of alkyl halides is 1. The second-order valence-corrected chi connectivity index (χ2v) is 5.73. The van der Waals surface area contributed by atoms with Crippen molar-refractivity contribution in [1.29, 1.82) is 0 Å². The fourth-order valence-corrected chi connectivity index (χ4v) is 2.77. The van der Waals surface area contributed by atoms with Gasteiger partial charge in [-0.3, -0.25) is 4.79 Å². The van der Waals surface area contributed by atoms with E-state index in [-0.39, 0.29) is 17.0 Å². The minimum Gasteiger partial charge on any atom is -0.365 e. The molecule has 1 aromatic rings. The third kappa shape index (κ3) is 2.86. The first kappa shape index (κ1) is 13.4. The molecule has 5 heteroatoms. The van der Waals surface area contributed by atoms with Crippen molar-refractivity contribution in [2.75, 3.05) is 11.9 Å². The van der Waals surface area contributed by atoms with Crippen LogP contribution in [0, 0.1) is 5.92 Å². The summed E-state index contributed by atoms with van der Waals surface area (Å²) < 4.78 is 1.68. The van der Waals surface area contributed by atoms with Gasteiger partial charge in [-0.25, -0.2) is 4.98 Å². The molecular formula is C13H20ClN3O. The Balaban J connectivity index is 2.05. The highest BCUT2D eigenvalue weighted by Gasteiger charge is 2.25. The molecule has 1 aliphatic rings. The second-order valence-electron chi connectivity index (χ2n) is 5.17. The SMILES string of the molecule is CC(C)n1ccnc(NCC2CCCC2Cl)c1=O. The normalized spacial score (nSPS) is 23.6. The summed E-state index contributed by atoms with van der Waals surface area (Å²) in [6.45, 7) is 4.70. The number of aromatic nitrogens is 2. The summed E-state index contributed by atoms with van der Waals surface area (Å²) in [5.74, 6) is 0.877. The summed E-state index contributed by atoms with van der Waals surface area (Å²) >= 11 is 6.22. The van der Waals surface area contributed by atoms with Gasteiger partial charge in [0.15, 0.2) is 5.82 Å². The van der Waals surface area contributed by atoms with Crippen LogP contribution in [0.3, 0.4) is 0 Å². The third-order valence-corrected chi connectivity index (χ3v) is 4.10. The summed E-state index contributed by atoms with van der Waals surface area (Å²) in [7, 11) is 0. The van der Waals surface area contributed by atoms with Gasteiger partial charge < -0.3 is 9.88 Å². The molecule has 1 aromatic heterocycles. The van der Waals surface area contributed by atoms with Crippen LogP contribution in [0.5, 0.6) is 0 Å². The van der Waals surface area contributed by atoms with E-state index in [0.29, 0.717) is 11.7 Å². The molecule has 0 bridgehead atoms. The molecule has 1 N–H and O–H groups in total. The average molecular weight is 270 g/mol. The van der Waals surface area contributed by atoms with Crippen molar-refractivity contribution in [3.63, 3.8) is 0 Å². The summed E-state index contributed by atoms with van der Waals surface area (Å²) in [5.41, 5.74) is -0.0587. The van der Waals surface area contributed by atoms with Crippen LogP contribution in [0.15, 0.2) is 17.2 Å². The fraction of sp³-hybridized carbons (Fsp3) is 0.692. The molecule has 2 rings (SSSR count). The quantitative estimate of drug-likeness (QED) is 0.855. The molecule has 2 atom stereocenters. The summed E-state index contributed by atoms with van der Waals surface area (Å²) in [6, 6.07) is 0.147. The third-order valence-electron chi connectivity index (χ3n) is 3.52. The predicted octanol–water partition coefficient (Wildman–Crippen LogP) is 2.64. The lowest BCUT2D eigenvalue weighted by Crippen LogP contribution is -2.28. The van der Waals surface area contributed by atoms with E-state index >= 15 is 0 Å². The van der Waals surface area contributed by atoms with Crippen molar-refractivity contribution in [3.05, 3.63) is 22.7 Å². The van der Waals surface area contributed by atoms with Crippen LogP contribution in [-0.2, 0) is 0 Å². The maximum atomic E-state index is 12.1. The second kappa shape index (κ2) is 5.74. The molecule has 1 fully saturated rings. The van der Waals surface area contributed by atoms with Crippen LogP contribution in [0.4, 0.5) is 5.82 Å². The molecule has 1 saturated carbocycles. The zero-order valence-electron chi connectivity index (χ0n) is 10.9. The maximum Gasteiger partial charge on any atom is 0.293 e. The summed E-state index contributed by atoms with van der Waals surface area (Å²) in [6.07, 6.45) is 6.77. The van der Waals surface area contributed by atoms with Gasteiger partial charge in [-0.1, -0.05) is 6.42 Å². The smallest absolute Gasteiger partial charge is 0.293 e. The van der Waals surface area contributed by atoms with E-state index in [1.54, 1.807) is 17.0 Å². The number of halogens is 1. The van der Waals surface area contributed by atoms with Crippen molar-refractivity contribution in [2.45, 2.75) is 44.5 Å². The van der Waals surface area contributed by atoms with Crippen molar-refractivity contribution in [2.24, 2.45) is 5.92 Å². The highest BCUT2D eigenvalue weighted by Crippen LogP contribution is 2.29. The summed E-state index contributed by atoms with van der Waals surface area (Å²) in [4.78, 5) is 16.2. The molecule has 0 radical (unpaired) electrons. The first-order valence-electron chi connectivity index (χ1n) is 6.54. The van der Waals surface area contributed by atoms with Gasteiger partial charge in [0.25, 0.3) is 5.56 Å². The van der Waals surface area contributed by atoms with Crippen LogP contribution in [-0.4, -0.2) is 21.5 Å². The first-order valence-corrected chi connectivity index (χ1v) is 6.98. The van der Waals surface area contributed by atoms with Crippen LogP contribution in [0.25, 0.3) is 0 Å². The van der Waals surface area contributed by atoms with Gasteiger partial charge in [0.2, 0.25) is 0 Å². The number of rotatable bonds is 4. The molecule has 0 saturated heterocycles. The van der Waals surface area contributed by atoms with Gasteiger partial charge in [0, 0.05) is 30.4 Å². The molecule has 2 unspecified atom stereocenters. The predicted molar refractivity (Wildman–Crippen MR) is 74.4 cm³/mol. The highest BCUT2D eigenvalue weighted by molar-refractivity contribution is 6.20. The molecule has 1 heterocycles. The van der Waals surface area contributed by atoms with E-state index in [9.17, 15) is 4.79 Å². The van der Waals surface area contributed by atoms with Crippen LogP contribution in [0.1, 0.15) is 39.2 Å². The fourth-order valence-electron chi connectivity index (χ4n) is 2.40. The molecule has 0 aromatic carbocycles. The Hall–Kier alpha value is -1.03. The van der Waals surface area contributed by atoms with E-state index in [1.165, 1.54) is 6.42 Å². The van der Waals surface area contributed by atoms with E-state index in [4.69, 9.17) is 11.6 Å². The number of anilines is 1. The number of hydrogen-bond donors (Lipinski definition) is 1. The minimum atomic E-state index is -0.0587. The van der Waals surface area contributed by atoms with Crippen molar-refractivity contribution < 1.29 is 0 Å². The van der Waals surface area contributed by atoms with Crippen molar-refractivity contribution in [1.82, 2.24) is 9.55 Å². The molecule has 1 aliphatic carbocycles. The van der Waals surface area contributed by atoms with Gasteiger partial charge in [-0.15, -0.1) is 11.6 Å². The lowest BCUT2D eigenvalue weighted by Gasteiger charge is -2.16. The zero-order valence-corrected chi connectivity index (χ0v) is 11.7. The Morgan fingerprint density at radius 2 is 2.33 bits per heavy atom. The molecule has 0 aliphatic heterocycles. The standard InChI is InChI=1S/C13H20ClN3O/c1-9(2)17-7-6-15-12(13(17)18)16-8-10-4-3-5-11(10)14/h6-7,9-11H,3-5,8H2,1-2H3,(H,15,16). The molecule has 0 spiro atoms. The van der Waals surface area contributed by atoms with Gasteiger partial charge in [0.05, 0.1) is 0 Å². The molecule has 100 valence electrons. The molecule has 4 nitrogen and oxygen atoms in total. The number of nitrogens with zero attached hydrogens (tertiary/aromatic N) is 2. The van der Waals surface area contributed by atoms with E-state index in [2.05, 4.69) is 10.3 Å². The van der Waals surface area contributed by atoms with Crippen LogP contribution >= 0.6 is 11.6 Å².